The molecule has 0 rings (SSSR count). The molecule has 4 nitrogen and oxygen atoms in total. The molecule has 2 N–H and O–H groups in total. The quantitative estimate of drug-likeness (QED) is 0.0631. The molecule has 0 atom stereocenters. The molecule has 0 unspecified atom stereocenters. The summed E-state index contributed by atoms with van der Waals surface area (Å²) < 4.78 is 0. The Morgan fingerprint density at radius 1 is 0.333 bits per heavy atom. The maximum Gasteiger partial charge on any atom is 0.309 e. The van der Waals surface area contributed by atoms with E-state index in [1.807, 2.05) is 0 Å². The van der Waals surface area contributed by atoms with Gasteiger partial charge in [-0.3, -0.25) is 9.59 Å². The van der Waals surface area contributed by atoms with Crippen molar-refractivity contribution in [3.05, 3.63) is 0 Å². The molecule has 0 aliphatic heterocycles. The Kier molecular flexibility index (Phi) is 36.4. The van der Waals surface area contributed by atoms with E-state index in [1.165, 1.54) is 167 Å². The molecule has 0 aromatic rings. The summed E-state index contributed by atoms with van der Waals surface area (Å²) >= 11 is 0. The lowest BCUT2D eigenvalue weighted by Crippen LogP contribution is -2.31. The average molecular weight is 679 g/mol. The zero-order valence-corrected chi connectivity index (χ0v) is 32.8. The van der Waals surface area contributed by atoms with Crippen molar-refractivity contribution >= 4 is 11.9 Å². The van der Waals surface area contributed by atoms with Gasteiger partial charge in [-0.05, 0) is 25.7 Å². The van der Waals surface area contributed by atoms with Crippen LogP contribution < -0.4 is 0 Å². The molecule has 286 valence electrons. The Morgan fingerprint density at radius 2 is 0.542 bits per heavy atom. The summed E-state index contributed by atoms with van der Waals surface area (Å²) in [6.07, 6.45) is 47.4. The van der Waals surface area contributed by atoms with E-state index in [4.69, 9.17) is 5.11 Å². The fraction of sp³-hybridized carbons (Fsp3) is 0.955. The molecule has 0 amide bonds. The summed E-state index contributed by atoms with van der Waals surface area (Å²) in [4.78, 5) is 23.5. The molecule has 0 saturated heterocycles. The fourth-order valence-corrected chi connectivity index (χ4v) is 7.64. The Balaban J connectivity index is 4.34. The minimum atomic E-state index is -0.697. The van der Waals surface area contributed by atoms with Crippen molar-refractivity contribution in [3.8, 4) is 0 Å². The van der Waals surface area contributed by atoms with Crippen LogP contribution in [0.3, 0.4) is 0 Å². The van der Waals surface area contributed by atoms with Gasteiger partial charge in [-0.25, -0.2) is 0 Å². The smallest absolute Gasteiger partial charge is 0.309 e. The first-order chi connectivity index (χ1) is 23.5. The maximum atomic E-state index is 12.8. The molecule has 0 spiro atoms. The van der Waals surface area contributed by atoms with Gasteiger partial charge in [0.15, 0.2) is 0 Å². The first kappa shape index (κ1) is 46.9. The number of hydrogen-bond acceptors (Lipinski definition) is 2. The van der Waals surface area contributed by atoms with Crippen molar-refractivity contribution < 1.29 is 19.8 Å². The Morgan fingerprint density at radius 3 is 0.750 bits per heavy atom. The molecule has 0 heterocycles. The van der Waals surface area contributed by atoms with Gasteiger partial charge in [-0.1, -0.05) is 232 Å². The van der Waals surface area contributed by atoms with Crippen LogP contribution in [-0.4, -0.2) is 22.2 Å². The summed E-state index contributed by atoms with van der Waals surface area (Å²) in [7, 11) is 0. The van der Waals surface area contributed by atoms with Gasteiger partial charge in [0.2, 0.25) is 0 Å². The van der Waals surface area contributed by atoms with Crippen molar-refractivity contribution in [2.24, 2.45) is 5.41 Å². The van der Waals surface area contributed by atoms with Gasteiger partial charge >= 0.3 is 11.9 Å². The van der Waals surface area contributed by atoms with Gasteiger partial charge in [0.25, 0.3) is 0 Å². The molecule has 0 fully saturated rings. The van der Waals surface area contributed by atoms with Crippen LogP contribution in [0.25, 0.3) is 0 Å². The van der Waals surface area contributed by atoms with Crippen molar-refractivity contribution in [2.45, 2.75) is 264 Å². The SMILES string of the molecule is CCCCCCCCCCCCCCCCC(CCCCCCCCCCCCCCCC)(CCCCCCCCCC(=O)O)C(=O)O. The number of aliphatic carboxylic acids is 2. The number of unbranched alkanes of at least 4 members (excludes halogenated alkanes) is 32. The van der Waals surface area contributed by atoms with Crippen LogP contribution in [0.1, 0.15) is 264 Å². The molecule has 0 aliphatic rings. The lowest BCUT2D eigenvalue weighted by Gasteiger charge is -2.30. The summed E-state index contributed by atoms with van der Waals surface area (Å²) in [6.45, 7) is 4.57. The number of rotatable bonds is 41. The summed E-state index contributed by atoms with van der Waals surface area (Å²) in [5.41, 5.74) is -0.532. The second-order valence-electron chi connectivity index (χ2n) is 15.6. The van der Waals surface area contributed by atoms with Crippen LogP contribution in [0.4, 0.5) is 0 Å². The molecule has 0 aliphatic carbocycles. The normalized spacial score (nSPS) is 11.8. The van der Waals surface area contributed by atoms with E-state index < -0.39 is 17.4 Å². The largest absolute Gasteiger partial charge is 0.481 e. The highest BCUT2D eigenvalue weighted by Gasteiger charge is 2.36. The Bertz CT molecular complexity index is 643. The van der Waals surface area contributed by atoms with Crippen molar-refractivity contribution in [1.82, 2.24) is 0 Å². The molecular formula is C44H86O4. The highest BCUT2D eigenvalue weighted by molar-refractivity contribution is 5.74. The zero-order chi connectivity index (χ0) is 35.2. The van der Waals surface area contributed by atoms with Crippen LogP contribution in [0.5, 0.6) is 0 Å². The topological polar surface area (TPSA) is 74.6 Å². The monoisotopic (exact) mass is 679 g/mol. The standard InChI is InChI=1S/C44H86O4/c1-3-5-7-9-11-13-15-17-19-21-23-27-31-35-39-44(43(47)48,41-37-33-29-25-26-30-34-38-42(45)46)40-36-32-28-24-22-20-18-16-14-12-10-8-6-4-2/h3-41H2,1-2H3,(H,45,46)(H,47,48). The molecular weight excluding hydrogens is 592 g/mol. The molecule has 0 bridgehead atoms. The third kappa shape index (κ3) is 32.2. The van der Waals surface area contributed by atoms with Gasteiger partial charge in [0.1, 0.15) is 0 Å². The lowest BCUT2D eigenvalue weighted by molar-refractivity contribution is -0.151. The summed E-state index contributed by atoms with van der Waals surface area (Å²) in [5, 5.41) is 19.3. The highest BCUT2D eigenvalue weighted by atomic mass is 16.4. The van der Waals surface area contributed by atoms with Gasteiger partial charge in [-0.15, -0.1) is 0 Å². The van der Waals surface area contributed by atoms with E-state index >= 15 is 0 Å². The van der Waals surface area contributed by atoms with E-state index in [2.05, 4.69) is 13.8 Å². The fourth-order valence-electron chi connectivity index (χ4n) is 7.64. The van der Waals surface area contributed by atoms with Crippen LogP contribution in [0.15, 0.2) is 0 Å². The van der Waals surface area contributed by atoms with Crippen LogP contribution in [0, 0.1) is 5.41 Å². The third-order valence-corrected chi connectivity index (χ3v) is 11.0. The molecule has 4 heteroatoms. The molecule has 48 heavy (non-hydrogen) atoms. The minimum Gasteiger partial charge on any atom is -0.481 e. The van der Waals surface area contributed by atoms with E-state index in [0.29, 0.717) is 0 Å². The predicted molar refractivity (Wildman–Crippen MR) is 209 cm³/mol. The van der Waals surface area contributed by atoms with Crippen molar-refractivity contribution in [1.29, 1.82) is 0 Å². The predicted octanol–water partition coefficient (Wildman–Crippen LogP) is 15.4. The first-order valence-electron chi connectivity index (χ1n) is 21.9. The van der Waals surface area contributed by atoms with E-state index in [-0.39, 0.29) is 6.42 Å². The Hall–Kier alpha value is -1.06. The number of hydrogen-bond donors (Lipinski definition) is 2. The first-order valence-corrected chi connectivity index (χ1v) is 21.9. The second kappa shape index (κ2) is 37.2. The number of carbonyl (C=O) groups is 2. The third-order valence-electron chi connectivity index (χ3n) is 11.0. The van der Waals surface area contributed by atoms with E-state index in [9.17, 15) is 14.7 Å². The molecule has 0 aromatic heterocycles. The number of carboxylic acid groups (broad SMARTS) is 2. The van der Waals surface area contributed by atoms with Crippen molar-refractivity contribution in [2.75, 3.05) is 0 Å². The Labute approximate surface area is 300 Å². The van der Waals surface area contributed by atoms with Gasteiger partial charge < -0.3 is 10.2 Å². The maximum absolute atomic E-state index is 12.8. The molecule has 0 saturated carbocycles. The zero-order valence-electron chi connectivity index (χ0n) is 32.8. The number of carboxylic acids is 2. The molecule has 0 aromatic carbocycles. The van der Waals surface area contributed by atoms with E-state index in [0.717, 1.165) is 77.0 Å². The van der Waals surface area contributed by atoms with E-state index in [1.54, 1.807) is 0 Å². The summed E-state index contributed by atoms with van der Waals surface area (Å²) in [5.74, 6) is -1.24. The highest BCUT2D eigenvalue weighted by Crippen LogP contribution is 2.38. The minimum absolute atomic E-state index is 0.277. The van der Waals surface area contributed by atoms with Crippen LogP contribution in [-0.2, 0) is 9.59 Å². The van der Waals surface area contributed by atoms with Gasteiger partial charge in [0, 0.05) is 6.42 Å². The van der Waals surface area contributed by atoms with Crippen LogP contribution >= 0.6 is 0 Å². The van der Waals surface area contributed by atoms with Gasteiger partial charge in [0.05, 0.1) is 5.41 Å². The molecule has 0 radical (unpaired) electrons. The summed E-state index contributed by atoms with van der Waals surface area (Å²) in [6, 6.07) is 0. The van der Waals surface area contributed by atoms with Crippen LogP contribution in [0.2, 0.25) is 0 Å². The second-order valence-corrected chi connectivity index (χ2v) is 15.6. The lowest BCUT2D eigenvalue weighted by atomic mass is 9.74. The van der Waals surface area contributed by atoms with Gasteiger partial charge in [-0.2, -0.15) is 0 Å². The van der Waals surface area contributed by atoms with Crippen molar-refractivity contribution in [3.63, 3.8) is 0 Å². The average Bonchev–Trinajstić information content (AvgIpc) is 3.07.